The predicted molar refractivity (Wildman–Crippen MR) is 55.4 cm³/mol. The van der Waals surface area contributed by atoms with Gasteiger partial charge in [-0.25, -0.2) is 4.79 Å². The van der Waals surface area contributed by atoms with E-state index < -0.39 is 10.9 Å². The molecule has 5 nitrogen and oxygen atoms in total. The zero-order valence-electron chi connectivity index (χ0n) is 7.34. The standard InChI is InChI=1S/C9H5NO4S/c11-9(12)7-5-3-1-2-4-6(5)15-8(7)10(13)14/h1-4H,(H,11,12). The van der Waals surface area contributed by atoms with Gasteiger partial charge < -0.3 is 5.11 Å². The highest BCUT2D eigenvalue weighted by Gasteiger charge is 2.26. The number of carbonyl (C=O) groups is 1. The number of carboxylic acids is 1. The average Bonchev–Trinajstić information content (AvgIpc) is 2.56. The van der Waals surface area contributed by atoms with Gasteiger partial charge in [-0.3, -0.25) is 10.1 Å². The molecule has 0 aliphatic heterocycles. The lowest BCUT2D eigenvalue weighted by Crippen LogP contribution is -1.99. The molecule has 76 valence electrons. The van der Waals surface area contributed by atoms with E-state index in [0.717, 1.165) is 11.3 Å². The van der Waals surface area contributed by atoms with E-state index in [2.05, 4.69) is 0 Å². The Kier molecular flexibility index (Phi) is 2.12. The largest absolute Gasteiger partial charge is 0.477 e. The molecule has 15 heavy (non-hydrogen) atoms. The Morgan fingerprint density at radius 3 is 2.67 bits per heavy atom. The van der Waals surface area contributed by atoms with Gasteiger partial charge in [0.2, 0.25) is 0 Å². The van der Waals surface area contributed by atoms with Crippen LogP contribution in [0.5, 0.6) is 0 Å². The highest BCUT2D eigenvalue weighted by atomic mass is 32.1. The third kappa shape index (κ3) is 1.44. The van der Waals surface area contributed by atoms with Crippen LogP contribution in [0.25, 0.3) is 10.1 Å². The Morgan fingerprint density at radius 2 is 2.07 bits per heavy atom. The molecule has 0 unspecified atom stereocenters. The van der Waals surface area contributed by atoms with Crippen molar-refractivity contribution in [2.45, 2.75) is 0 Å². The maximum absolute atomic E-state index is 10.9. The lowest BCUT2D eigenvalue weighted by molar-refractivity contribution is -0.380. The molecule has 0 aliphatic carbocycles. The van der Waals surface area contributed by atoms with E-state index in [1.54, 1.807) is 24.3 Å². The quantitative estimate of drug-likeness (QED) is 0.626. The van der Waals surface area contributed by atoms with E-state index in [1.807, 2.05) is 0 Å². The molecule has 0 fully saturated rings. The maximum atomic E-state index is 10.9. The molecular weight excluding hydrogens is 218 g/mol. The summed E-state index contributed by atoms with van der Waals surface area (Å²) in [7, 11) is 0. The number of hydrogen-bond acceptors (Lipinski definition) is 4. The van der Waals surface area contributed by atoms with Gasteiger partial charge in [0.15, 0.2) is 5.56 Å². The van der Waals surface area contributed by atoms with E-state index in [-0.39, 0.29) is 10.6 Å². The van der Waals surface area contributed by atoms with Crippen molar-refractivity contribution in [1.29, 1.82) is 0 Å². The monoisotopic (exact) mass is 223 g/mol. The molecule has 1 N–H and O–H groups in total. The molecule has 6 heteroatoms. The highest BCUT2D eigenvalue weighted by Crippen LogP contribution is 2.36. The Balaban J connectivity index is 2.86. The van der Waals surface area contributed by atoms with E-state index in [0.29, 0.717) is 10.1 Å². The summed E-state index contributed by atoms with van der Waals surface area (Å²) < 4.78 is 0.613. The van der Waals surface area contributed by atoms with Crippen LogP contribution in [0.1, 0.15) is 10.4 Å². The molecule has 1 aromatic carbocycles. The number of rotatable bonds is 2. The van der Waals surface area contributed by atoms with Crippen molar-refractivity contribution in [3.63, 3.8) is 0 Å². The van der Waals surface area contributed by atoms with Gasteiger partial charge in [0, 0.05) is 10.1 Å². The Bertz CT molecular complexity index is 560. The molecule has 2 rings (SSSR count). The normalized spacial score (nSPS) is 10.4. The van der Waals surface area contributed by atoms with Crippen LogP contribution in [0.4, 0.5) is 5.00 Å². The fourth-order valence-corrected chi connectivity index (χ4v) is 2.38. The molecule has 1 aromatic heterocycles. The highest BCUT2D eigenvalue weighted by molar-refractivity contribution is 7.22. The third-order valence-electron chi connectivity index (χ3n) is 1.96. The summed E-state index contributed by atoms with van der Waals surface area (Å²) >= 11 is 0.880. The number of nitro groups is 1. The molecule has 0 atom stereocenters. The van der Waals surface area contributed by atoms with Gasteiger partial charge in [0.05, 0.1) is 4.92 Å². The van der Waals surface area contributed by atoms with Crippen LogP contribution < -0.4 is 0 Å². The first-order valence-electron chi connectivity index (χ1n) is 4.00. The van der Waals surface area contributed by atoms with Crippen LogP contribution in [0.2, 0.25) is 0 Å². The van der Waals surface area contributed by atoms with E-state index in [9.17, 15) is 14.9 Å². The Morgan fingerprint density at radius 1 is 1.40 bits per heavy atom. The summed E-state index contributed by atoms with van der Waals surface area (Å²) in [6, 6.07) is 6.61. The van der Waals surface area contributed by atoms with Gasteiger partial charge in [-0.15, -0.1) is 0 Å². The van der Waals surface area contributed by atoms with Crippen molar-refractivity contribution in [1.82, 2.24) is 0 Å². The zero-order chi connectivity index (χ0) is 11.0. The van der Waals surface area contributed by atoms with Crippen LogP contribution in [0.3, 0.4) is 0 Å². The number of hydrogen-bond donors (Lipinski definition) is 1. The first-order chi connectivity index (χ1) is 7.11. The number of fused-ring (bicyclic) bond motifs is 1. The van der Waals surface area contributed by atoms with E-state index in [4.69, 9.17) is 5.11 Å². The van der Waals surface area contributed by atoms with Gasteiger partial charge in [-0.2, -0.15) is 0 Å². The molecule has 0 radical (unpaired) electrons. The predicted octanol–water partition coefficient (Wildman–Crippen LogP) is 2.51. The van der Waals surface area contributed by atoms with E-state index >= 15 is 0 Å². The van der Waals surface area contributed by atoms with Gasteiger partial charge >= 0.3 is 11.0 Å². The van der Waals surface area contributed by atoms with Crippen molar-refractivity contribution in [2.75, 3.05) is 0 Å². The summed E-state index contributed by atoms with van der Waals surface area (Å²) in [5.41, 5.74) is -0.222. The minimum atomic E-state index is -1.26. The van der Waals surface area contributed by atoms with Crippen molar-refractivity contribution in [3.05, 3.63) is 39.9 Å². The lowest BCUT2D eigenvalue weighted by Gasteiger charge is -1.90. The van der Waals surface area contributed by atoms with E-state index in [1.165, 1.54) is 0 Å². The number of nitrogens with zero attached hydrogens (tertiary/aromatic N) is 1. The van der Waals surface area contributed by atoms with Crippen molar-refractivity contribution in [3.8, 4) is 0 Å². The number of benzene rings is 1. The van der Waals surface area contributed by atoms with Crippen LogP contribution in [-0.4, -0.2) is 16.0 Å². The maximum Gasteiger partial charge on any atom is 0.344 e. The zero-order valence-corrected chi connectivity index (χ0v) is 8.15. The second kappa shape index (κ2) is 3.32. The number of aromatic carboxylic acids is 1. The fourth-order valence-electron chi connectivity index (χ4n) is 1.37. The smallest absolute Gasteiger partial charge is 0.344 e. The average molecular weight is 223 g/mol. The minimum absolute atomic E-state index is 0.222. The van der Waals surface area contributed by atoms with Crippen molar-refractivity contribution in [2.24, 2.45) is 0 Å². The Hall–Kier alpha value is -1.95. The first kappa shape index (κ1) is 9.60. The number of carboxylic acid groups (broad SMARTS) is 1. The van der Waals surface area contributed by atoms with Crippen molar-refractivity contribution < 1.29 is 14.8 Å². The van der Waals surface area contributed by atoms with Crippen LogP contribution >= 0.6 is 11.3 Å². The molecule has 0 aliphatic rings. The lowest BCUT2D eigenvalue weighted by atomic mass is 10.2. The van der Waals surface area contributed by atoms with Gasteiger partial charge in [0.25, 0.3) is 0 Å². The second-order valence-electron chi connectivity index (χ2n) is 2.84. The summed E-state index contributed by atoms with van der Waals surface area (Å²) in [4.78, 5) is 20.9. The van der Waals surface area contributed by atoms with Gasteiger partial charge in [-0.05, 0) is 6.07 Å². The third-order valence-corrected chi connectivity index (χ3v) is 3.08. The van der Waals surface area contributed by atoms with Crippen LogP contribution in [0.15, 0.2) is 24.3 Å². The molecule has 0 saturated heterocycles. The SMILES string of the molecule is O=C(O)c1c([N+](=O)[O-])sc2ccccc12. The van der Waals surface area contributed by atoms with Crippen molar-refractivity contribution >= 4 is 32.4 Å². The number of thiophene rings is 1. The van der Waals surface area contributed by atoms with Gasteiger partial charge in [-0.1, -0.05) is 29.5 Å². The topological polar surface area (TPSA) is 80.4 Å². The first-order valence-corrected chi connectivity index (χ1v) is 4.82. The second-order valence-corrected chi connectivity index (χ2v) is 3.87. The molecule has 0 bridgehead atoms. The molecule has 0 spiro atoms. The van der Waals surface area contributed by atoms with Crippen LogP contribution in [-0.2, 0) is 0 Å². The molecule has 2 aromatic rings. The van der Waals surface area contributed by atoms with Crippen LogP contribution in [0, 0.1) is 10.1 Å². The Labute approximate surface area is 87.7 Å². The minimum Gasteiger partial charge on any atom is -0.477 e. The summed E-state index contributed by atoms with van der Waals surface area (Å²) in [5, 5.41) is 19.7. The molecular formula is C9H5NO4S. The van der Waals surface area contributed by atoms with Gasteiger partial charge in [0.1, 0.15) is 0 Å². The molecule has 0 saturated carbocycles. The summed E-state index contributed by atoms with van der Waals surface area (Å²) in [5.74, 6) is -1.26. The molecule has 1 heterocycles. The fraction of sp³-hybridized carbons (Fsp3) is 0. The summed E-state index contributed by atoms with van der Waals surface area (Å²) in [6.07, 6.45) is 0. The summed E-state index contributed by atoms with van der Waals surface area (Å²) in [6.45, 7) is 0. The molecule has 0 amide bonds.